The molecular weight excluding hydrogens is 180 g/mol. The van der Waals surface area contributed by atoms with Gasteiger partial charge >= 0.3 is 0 Å². The zero-order valence-electron chi connectivity index (χ0n) is 8.49. The van der Waals surface area contributed by atoms with Crippen molar-refractivity contribution in [2.75, 3.05) is 20.8 Å². The molecule has 4 N–H and O–H groups in total. The van der Waals surface area contributed by atoms with Crippen LogP contribution < -0.4 is 20.9 Å². The summed E-state index contributed by atoms with van der Waals surface area (Å²) in [6.45, 7) is 0.412. The molecule has 1 atom stereocenters. The van der Waals surface area contributed by atoms with Crippen molar-refractivity contribution >= 4 is 0 Å². The van der Waals surface area contributed by atoms with Crippen molar-refractivity contribution in [1.29, 1.82) is 0 Å². The fourth-order valence-corrected chi connectivity index (χ4v) is 1.22. The second kappa shape index (κ2) is 4.83. The van der Waals surface area contributed by atoms with E-state index in [0.29, 0.717) is 18.0 Å². The van der Waals surface area contributed by atoms with Gasteiger partial charge in [-0.1, -0.05) is 6.07 Å². The monoisotopic (exact) mass is 196 g/mol. The highest BCUT2D eigenvalue weighted by Gasteiger charge is 2.08. The minimum Gasteiger partial charge on any atom is -0.493 e. The first-order chi connectivity index (χ1) is 6.72. The van der Waals surface area contributed by atoms with Gasteiger partial charge in [-0.15, -0.1) is 0 Å². The van der Waals surface area contributed by atoms with Crippen LogP contribution in [0.15, 0.2) is 18.2 Å². The Labute approximate surface area is 83.8 Å². The molecule has 0 saturated heterocycles. The number of nitrogens with two attached hydrogens (primary N) is 2. The Morgan fingerprint density at radius 3 is 2.36 bits per heavy atom. The Bertz CT molecular complexity index is 302. The van der Waals surface area contributed by atoms with Crippen LogP contribution >= 0.6 is 0 Å². The van der Waals surface area contributed by atoms with Crippen LogP contribution in [-0.4, -0.2) is 20.8 Å². The molecule has 1 aromatic carbocycles. The van der Waals surface area contributed by atoms with Gasteiger partial charge in [-0.25, -0.2) is 0 Å². The summed E-state index contributed by atoms with van der Waals surface area (Å²) in [5.41, 5.74) is 12.2. The minimum atomic E-state index is -0.158. The highest BCUT2D eigenvalue weighted by atomic mass is 16.5. The van der Waals surface area contributed by atoms with E-state index in [1.165, 1.54) is 0 Å². The maximum atomic E-state index is 5.79. The van der Waals surface area contributed by atoms with Gasteiger partial charge in [0.1, 0.15) is 0 Å². The van der Waals surface area contributed by atoms with Gasteiger partial charge in [-0.05, 0) is 17.7 Å². The third-order valence-corrected chi connectivity index (χ3v) is 2.09. The van der Waals surface area contributed by atoms with Crippen molar-refractivity contribution in [1.82, 2.24) is 0 Å². The Kier molecular flexibility index (Phi) is 3.73. The van der Waals surface area contributed by atoms with Gasteiger partial charge in [0.15, 0.2) is 11.5 Å². The average molecular weight is 196 g/mol. The predicted octanol–water partition coefficient (Wildman–Crippen LogP) is 0.662. The van der Waals surface area contributed by atoms with E-state index >= 15 is 0 Å². The van der Waals surface area contributed by atoms with Crippen LogP contribution in [-0.2, 0) is 0 Å². The first kappa shape index (κ1) is 10.8. The molecule has 4 nitrogen and oxygen atoms in total. The van der Waals surface area contributed by atoms with Crippen LogP contribution in [0.1, 0.15) is 11.6 Å². The summed E-state index contributed by atoms with van der Waals surface area (Å²) in [7, 11) is 3.19. The lowest BCUT2D eigenvalue weighted by atomic mass is 10.1. The number of hydrogen-bond acceptors (Lipinski definition) is 4. The Morgan fingerprint density at radius 1 is 1.21 bits per heavy atom. The van der Waals surface area contributed by atoms with Gasteiger partial charge < -0.3 is 20.9 Å². The molecule has 0 bridgehead atoms. The number of hydrogen-bond donors (Lipinski definition) is 2. The maximum Gasteiger partial charge on any atom is 0.161 e. The zero-order valence-corrected chi connectivity index (χ0v) is 8.49. The van der Waals surface area contributed by atoms with Crippen LogP contribution in [0.4, 0.5) is 0 Å². The molecular formula is C10H16N2O2. The molecule has 0 radical (unpaired) electrons. The molecule has 1 rings (SSSR count). The molecule has 0 saturated carbocycles. The van der Waals surface area contributed by atoms with Crippen LogP contribution in [0.2, 0.25) is 0 Å². The molecule has 0 amide bonds. The van der Waals surface area contributed by atoms with Crippen molar-refractivity contribution in [3.63, 3.8) is 0 Å². The van der Waals surface area contributed by atoms with Crippen molar-refractivity contribution in [2.45, 2.75) is 6.04 Å². The van der Waals surface area contributed by atoms with E-state index in [2.05, 4.69) is 0 Å². The van der Waals surface area contributed by atoms with Crippen LogP contribution in [0.3, 0.4) is 0 Å². The van der Waals surface area contributed by atoms with Crippen molar-refractivity contribution in [2.24, 2.45) is 11.5 Å². The lowest BCUT2D eigenvalue weighted by Crippen LogP contribution is -2.20. The molecule has 0 aliphatic rings. The Hall–Kier alpha value is -1.26. The first-order valence-corrected chi connectivity index (χ1v) is 4.40. The topological polar surface area (TPSA) is 70.5 Å². The van der Waals surface area contributed by atoms with Gasteiger partial charge in [0.05, 0.1) is 14.2 Å². The summed E-state index contributed by atoms with van der Waals surface area (Å²) in [5.74, 6) is 1.37. The van der Waals surface area contributed by atoms with Crippen LogP contribution in [0.5, 0.6) is 11.5 Å². The van der Waals surface area contributed by atoms with Crippen LogP contribution in [0.25, 0.3) is 0 Å². The van der Waals surface area contributed by atoms with E-state index in [1.807, 2.05) is 18.2 Å². The summed E-state index contributed by atoms with van der Waals surface area (Å²) < 4.78 is 10.3. The summed E-state index contributed by atoms with van der Waals surface area (Å²) in [6, 6.07) is 5.40. The molecule has 0 aliphatic heterocycles. The van der Waals surface area contributed by atoms with Gasteiger partial charge in [-0.2, -0.15) is 0 Å². The van der Waals surface area contributed by atoms with E-state index in [4.69, 9.17) is 20.9 Å². The molecule has 0 aliphatic carbocycles. The number of ether oxygens (including phenoxy) is 2. The van der Waals surface area contributed by atoms with Gasteiger partial charge in [0.2, 0.25) is 0 Å². The molecule has 78 valence electrons. The van der Waals surface area contributed by atoms with E-state index < -0.39 is 0 Å². The number of rotatable bonds is 4. The van der Waals surface area contributed by atoms with E-state index in [-0.39, 0.29) is 6.04 Å². The van der Waals surface area contributed by atoms with Crippen LogP contribution in [0, 0.1) is 0 Å². The predicted molar refractivity (Wildman–Crippen MR) is 55.5 cm³/mol. The SMILES string of the molecule is COc1ccc(C(N)CN)cc1OC. The lowest BCUT2D eigenvalue weighted by molar-refractivity contribution is 0.354. The minimum absolute atomic E-state index is 0.158. The number of methoxy groups -OCH3 is 2. The first-order valence-electron chi connectivity index (χ1n) is 4.40. The highest BCUT2D eigenvalue weighted by Crippen LogP contribution is 2.29. The normalized spacial score (nSPS) is 12.3. The quantitative estimate of drug-likeness (QED) is 0.742. The van der Waals surface area contributed by atoms with E-state index in [0.717, 1.165) is 5.56 Å². The maximum absolute atomic E-state index is 5.79. The van der Waals surface area contributed by atoms with E-state index in [1.54, 1.807) is 14.2 Å². The fourth-order valence-electron chi connectivity index (χ4n) is 1.22. The highest BCUT2D eigenvalue weighted by molar-refractivity contribution is 5.43. The smallest absolute Gasteiger partial charge is 0.161 e. The molecule has 1 aromatic rings. The van der Waals surface area contributed by atoms with Crippen molar-refractivity contribution in [3.8, 4) is 11.5 Å². The molecule has 0 fully saturated rings. The van der Waals surface area contributed by atoms with E-state index in [9.17, 15) is 0 Å². The van der Waals surface area contributed by atoms with Gasteiger partial charge in [0.25, 0.3) is 0 Å². The summed E-state index contributed by atoms with van der Waals surface area (Å²) in [5, 5.41) is 0. The van der Waals surface area contributed by atoms with Crippen molar-refractivity contribution < 1.29 is 9.47 Å². The number of benzene rings is 1. The lowest BCUT2D eigenvalue weighted by Gasteiger charge is -2.13. The van der Waals surface area contributed by atoms with Crippen molar-refractivity contribution in [3.05, 3.63) is 23.8 Å². The molecule has 0 heterocycles. The summed E-state index contributed by atoms with van der Waals surface area (Å²) in [6.07, 6.45) is 0. The Morgan fingerprint density at radius 2 is 1.86 bits per heavy atom. The summed E-state index contributed by atoms with van der Waals surface area (Å²) in [4.78, 5) is 0. The zero-order chi connectivity index (χ0) is 10.6. The summed E-state index contributed by atoms with van der Waals surface area (Å²) >= 11 is 0. The second-order valence-corrected chi connectivity index (χ2v) is 2.96. The molecule has 1 unspecified atom stereocenters. The molecule has 14 heavy (non-hydrogen) atoms. The third kappa shape index (κ3) is 2.16. The fraction of sp³-hybridized carbons (Fsp3) is 0.400. The average Bonchev–Trinajstić information content (AvgIpc) is 2.26. The van der Waals surface area contributed by atoms with Gasteiger partial charge in [-0.3, -0.25) is 0 Å². The standard InChI is InChI=1S/C10H16N2O2/c1-13-9-4-3-7(8(12)6-11)5-10(9)14-2/h3-5,8H,6,11-12H2,1-2H3. The molecule has 0 spiro atoms. The largest absolute Gasteiger partial charge is 0.493 e. The molecule has 4 heteroatoms. The molecule has 0 aromatic heterocycles. The third-order valence-electron chi connectivity index (χ3n) is 2.09. The second-order valence-electron chi connectivity index (χ2n) is 2.96. The van der Waals surface area contributed by atoms with Gasteiger partial charge in [0, 0.05) is 12.6 Å². The Balaban J connectivity index is 3.01.